The predicted molar refractivity (Wildman–Crippen MR) is 87.0 cm³/mol. The second kappa shape index (κ2) is 6.98. The second-order valence-electron chi connectivity index (χ2n) is 5.94. The summed E-state index contributed by atoms with van der Waals surface area (Å²) in [6, 6.07) is 6.89. The Labute approximate surface area is 136 Å². The van der Waals surface area contributed by atoms with E-state index in [2.05, 4.69) is 4.72 Å². The maximum atomic E-state index is 12.1. The third-order valence-corrected chi connectivity index (χ3v) is 5.30. The van der Waals surface area contributed by atoms with Crippen molar-refractivity contribution in [1.82, 2.24) is 9.62 Å². The van der Waals surface area contributed by atoms with Crippen LogP contribution < -0.4 is 4.72 Å². The zero-order valence-corrected chi connectivity index (χ0v) is 14.3. The standard InChI is InChI=1S/C15H21ClN2O3S/c1-11(2)18-9-13(7-15(18)19)8-17-22(20,21)10-12-3-5-14(16)6-4-12/h3-6,11,13,17H,7-10H2,1-2H3. The highest BCUT2D eigenvalue weighted by atomic mass is 35.5. The van der Waals surface area contributed by atoms with Gasteiger partial charge in [-0.15, -0.1) is 0 Å². The van der Waals surface area contributed by atoms with E-state index in [0.717, 1.165) is 0 Å². The van der Waals surface area contributed by atoms with Crippen LogP contribution in [0.15, 0.2) is 24.3 Å². The molecule has 122 valence electrons. The van der Waals surface area contributed by atoms with E-state index in [1.807, 2.05) is 13.8 Å². The van der Waals surface area contributed by atoms with E-state index >= 15 is 0 Å². The molecule has 5 nitrogen and oxygen atoms in total. The minimum Gasteiger partial charge on any atom is -0.340 e. The molecule has 7 heteroatoms. The number of hydrogen-bond acceptors (Lipinski definition) is 3. The number of carbonyl (C=O) groups excluding carboxylic acids is 1. The SMILES string of the molecule is CC(C)N1CC(CNS(=O)(=O)Cc2ccc(Cl)cc2)CC1=O. The average Bonchev–Trinajstić information content (AvgIpc) is 2.81. The number of sulfonamides is 1. The third-order valence-electron chi connectivity index (χ3n) is 3.72. The Hall–Kier alpha value is -1.11. The van der Waals surface area contributed by atoms with Gasteiger partial charge in [-0.05, 0) is 37.5 Å². The molecule has 22 heavy (non-hydrogen) atoms. The summed E-state index contributed by atoms with van der Waals surface area (Å²) in [5, 5.41) is 0.576. The van der Waals surface area contributed by atoms with Gasteiger partial charge in [0.2, 0.25) is 15.9 Å². The van der Waals surface area contributed by atoms with Crippen molar-refractivity contribution in [1.29, 1.82) is 0 Å². The highest BCUT2D eigenvalue weighted by molar-refractivity contribution is 7.88. The number of likely N-dealkylation sites (tertiary alicyclic amines) is 1. The van der Waals surface area contributed by atoms with Crippen LogP contribution in [0.5, 0.6) is 0 Å². The van der Waals surface area contributed by atoms with Crippen molar-refractivity contribution in [2.45, 2.75) is 32.1 Å². The molecule has 1 aromatic rings. The third kappa shape index (κ3) is 4.69. The lowest BCUT2D eigenvalue weighted by molar-refractivity contribution is -0.129. The molecule has 1 heterocycles. The smallest absolute Gasteiger partial charge is 0.223 e. The van der Waals surface area contributed by atoms with E-state index in [9.17, 15) is 13.2 Å². The van der Waals surface area contributed by atoms with E-state index in [-0.39, 0.29) is 23.6 Å². The number of amides is 1. The number of hydrogen-bond donors (Lipinski definition) is 1. The Balaban J connectivity index is 1.88. The van der Waals surface area contributed by atoms with E-state index in [4.69, 9.17) is 11.6 Å². The molecule has 1 saturated heterocycles. The van der Waals surface area contributed by atoms with Gasteiger partial charge >= 0.3 is 0 Å². The van der Waals surface area contributed by atoms with Crippen molar-refractivity contribution in [2.24, 2.45) is 5.92 Å². The topological polar surface area (TPSA) is 66.5 Å². The molecule has 1 aliphatic heterocycles. The zero-order chi connectivity index (χ0) is 16.3. The lowest BCUT2D eigenvalue weighted by Crippen LogP contribution is -2.34. The number of nitrogens with one attached hydrogen (secondary N) is 1. The second-order valence-corrected chi connectivity index (χ2v) is 8.19. The van der Waals surface area contributed by atoms with Crippen LogP contribution in [0, 0.1) is 5.92 Å². The summed E-state index contributed by atoms with van der Waals surface area (Å²) in [6.45, 7) is 4.83. The van der Waals surface area contributed by atoms with Gasteiger partial charge in [-0.2, -0.15) is 0 Å². The molecule has 0 aliphatic carbocycles. The number of nitrogens with zero attached hydrogens (tertiary/aromatic N) is 1. The number of halogens is 1. The van der Waals surface area contributed by atoms with Gasteiger partial charge in [-0.1, -0.05) is 23.7 Å². The van der Waals surface area contributed by atoms with E-state index in [0.29, 0.717) is 30.1 Å². The predicted octanol–water partition coefficient (Wildman–Crippen LogP) is 2.02. The Morgan fingerprint density at radius 3 is 2.50 bits per heavy atom. The molecule has 0 spiro atoms. The summed E-state index contributed by atoms with van der Waals surface area (Å²) in [6.07, 6.45) is 0.404. The van der Waals surface area contributed by atoms with Gasteiger partial charge in [0, 0.05) is 30.6 Å². The molecule has 0 saturated carbocycles. The van der Waals surface area contributed by atoms with Crippen LogP contribution >= 0.6 is 11.6 Å². The van der Waals surface area contributed by atoms with Gasteiger partial charge in [0.1, 0.15) is 0 Å². The molecule has 1 unspecified atom stereocenters. The van der Waals surface area contributed by atoms with Gasteiger partial charge in [0.05, 0.1) is 5.75 Å². The summed E-state index contributed by atoms with van der Waals surface area (Å²) >= 11 is 5.78. The first-order valence-corrected chi connectivity index (χ1v) is 9.31. The molecule has 0 aromatic heterocycles. The van der Waals surface area contributed by atoms with E-state index < -0.39 is 10.0 Å². The summed E-state index contributed by atoms with van der Waals surface area (Å²) in [4.78, 5) is 13.6. The van der Waals surface area contributed by atoms with Gasteiger partial charge in [-0.25, -0.2) is 13.1 Å². The summed E-state index contributed by atoms with van der Waals surface area (Å²) in [7, 11) is -3.41. The Morgan fingerprint density at radius 1 is 1.32 bits per heavy atom. The van der Waals surface area contributed by atoms with Crippen LogP contribution in [0.1, 0.15) is 25.8 Å². The first kappa shape index (κ1) is 17.2. The fraction of sp³-hybridized carbons (Fsp3) is 0.533. The highest BCUT2D eigenvalue weighted by Crippen LogP contribution is 2.20. The quantitative estimate of drug-likeness (QED) is 0.858. The summed E-state index contributed by atoms with van der Waals surface area (Å²) in [5.74, 6) is 0.0467. The largest absolute Gasteiger partial charge is 0.340 e. The zero-order valence-electron chi connectivity index (χ0n) is 12.8. The first-order valence-electron chi connectivity index (χ1n) is 7.28. The van der Waals surface area contributed by atoms with Gasteiger partial charge < -0.3 is 4.90 Å². The van der Waals surface area contributed by atoms with Crippen LogP contribution in [0.4, 0.5) is 0 Å². The number of benzene rings is 1. The fourth-order valence-electron chi connectivity index (χ4n) is 2.54. The molecule has 1 aromatic carbocycles. The molecule has 1 N–H and O–H groups in total. The van der Waals surface area contributed by atoms with Crippen LogP contribution in [0.3, 0.4) is 0 Å². The molecular weight excluding hydrogens is 324 g/mol. The summed E-state index contributed by atoms with van der Waals surface area (Å²) < 4.78 is 26.8. The number of rotatable bonds is 6. The molecule has 0 bridgehead atoms. The van der Waals surface area contributed by atoms with Gasteiger partial charge in [-0.3, -0.25) is 4.79 Å². The van der Waals surface area contributed by atoms with E-state index in [1.165, 1.54) is 0 Å². The summed E-state index contributed by atoms with van der Waals surface area (Å²) in [5.41, 5.74) is 0.684. The molecular formula is C15H21ClN2O3S. The Morgan fingerprint density at radius 2 is 1.95 bits per heavy atom. The Kier molecular flexibility index (Phi) is 5.47. The molecule has 1 atom stereocenters. The monoisotopic (exact) mass is 344 g/mol. The molecule has 1 aliphatic rings. The maximum Gasteiger partial charge on any atom is 0.223 e. The van der Waals surface area contributed by atoms with Crippen LogP contribution in [0.25, 0.3) is 0 Å². The Bertz CT molecular complexity index is 629. The van der Waals surface area contributed by atoms with Crippen molar-refractivity contribution >= 4 is 27.5 Å². The van der Waals surface area contributed by atoms with E-state index in [1.54, 1.807) is 29.2 Å². The normalized spacial score (nSPS) is 19.2. The molecule has 1 amide bonds. The van der Waals surface area contributed by atoms with Crippen LogP contribution in [-0.2, 0) is 20.6 Å². The van der Waals surface area contributed by atoms with Gasteiger partial charge in [0.25, 0.3) is 0 Å². The lowest BCUT2D eigenvalue weighted by atomic mass is 10.1. The van der Waals surface area contributed by atoms with Crippen molar-refractivity contribution in [3.05, 3.63) is 34.9 Å². The minimum absolute atomic E-state index is 0.0369. The number of carbonyl (C=O) groups is 1. The lowest BCUT2D eigenvalue weighted by Gasteiger charge is -2.21. The molecule has 2 rings (SSSR count). The fourth-order valence-corrected chi connectivity index (χ4v) is 3.89. The van der Waals surface area contributed by atoms with Crippen molar-refractivity contribution in [2.75, 3.05) is 13.1 Å². The maximum absolute atomic E-state index is 12.1. The van der Waals surface area contributed by atoms with Crippen molar-refractivity contribution in [3.8, 4) is 0 Å². The van der Waals surface area contributed by atoms with Crippen molar-refractivity contribution in [3.63, 3.8) is 0 Å². The van der Waals surface area contributed by atoms with Crippen molar-refractivity contribution < 1.29 is 13.2 Å². The average molecular weight is 345 g/mol. The van der Waals surface area contributed by atoms with Crippen LogP contribution in [0.2, 0.25) is 5.02 Å². The minimum atomic E-state index is -3.41. The van der Waals surface area contributed by atoms with Crippen LogP contribution in [-0.4, -0.2) is 38.4 Å². The first-order chi connectivity index (χ1) is 10.3. The molecule has 1 fully saturated rings. The molecule has 0 radical (unpaired) electrons. The highest BCUT2D eigenvalue weighted by Gasteiger charge is 2.31. The van der Waals surface area contributed by atoms with Gasteiger partial charge in [0.15, 0.2) is 0 Å².